The van der Waals surface area contributed by atoms with E-state index in [9.17, 15) is 13.6 Å². The highest BCUT2D eigenvalue weighted by Crippen LogP contribution is 2.33. The number of pyridine rings is 3. The first-order chi connectivity index (χ1) is 19.0. The Morgan fingerprint density at radius 2 is 2.00 bits per heavy atom. The summed E-state index contributed by atoms with van der Waals surface area (Å²) in [4.78, 5) is 26.9. The number of nitrogens with zero attached hydrogens (tertiary/aromatic N) is 5. The first kappa shape index (κ1) is 25.2. The second-order valence-electron chi connectivity index (χ2n) is 10.1. The summed E-state index contributed by atoms with van der Waals surface area (Å²) in [5.41, 5.74) is 2.71. The molecular weight excluding hydrogens is 502 g/mol. The van der Waals surface area contributed by atoms with E-state index in [0.29, 0.717) is 30.7 Å². The maximum atomic E-state index is 14.5. The molecule has 202 valence electrons. The van der Waals surface area contributed by atoms with Gasteiger partial charge in [0.25, 0.3) is 0 Å². The molecule has 1 aromatic carbocycles. The Hall–Kier alpha value is -4.05. The van der Waals surface area contributed by atoms with Gasteiger partial charge in [0.1, 0.15) is 12.4 Å². The van der Waals surface area contributed by atoms with Crippen molar-refractivity contribution >= 4 is 22.4 Å². The van der Waals surface area contributed by atoms with Crippen LogP contribution in [0.3, 0.4) is 0 Å². The van der Waals surface area contributed by atoms with Crippen molar-refractivity contribution in [3.8, 4) is 5.75 Å². The highest BCUT2D eigenvalue weighted by Gasteiger charge is 2.29. The average Bonchev–Trinajstić information content (AvgIpc) is 2.98. The van der Waals surface area contributed by atoms with Crippen molar-refractivity contribution < 1.29 is 13.5 Å². The van der Waals surface area contributed by atoms with Crippen molar-refractivity contribution in [1.82, 2.24) is 19.4 Å². The molecule has 4 aromatic rings. The number of anilines is 2. The number of hydrogen-bond acceptors (Lipinski definition) is 7. The molecule has 5 heterocycles. The molecular formula is C29H30F2N6O2. The third-order valence-electron chi connectivity index (χ3n) is 7.65. The zero-order chi connectivity index (χ0) is 26.9. The number of hydrogen-bond donors (Lipinski definition) is 1. The fourth-order valence-corrected chi connectivity index (χ4v) is 5.67. The second kappa shape index (κ2) is 10.6. The molecule has 1 fully saturated rings. The molecule has 0 bridgehead atoms. The van der Waals surface area contributed by atoms with Crippen molar-refractivity contribution in [2.75, 3.05) is 37.0 Å². The lowest BCUT2D eigenvalue weighted by molar-refractivity contribution is 0.158. The van der Waals surface area contributed by atoms with Gasteiger partial charge in [-0.2, -0.15) is 4.39 Å². The lowest BCUT2D eigenvalue weighted by Gasteiger charge is -2.40. The molecule has 1 atom stereocenters. The van der Waals surface area contributed by atoms with E-state index in [-0.39, 0.29) is 29.2 Å². The summed E-state index contributed by atoms with van der Waals surface area (Å²) in [6.07, 6.45) is 9.18. The van der Waals surface area contributed by atoms with Gasteiger partial charge >= 0.3 is 0 Å². The molecule has 8 nitrogen and oxygen atoms in total. The van der Waals surface area contributed by atoms with Crippen molar-refractivity contribution in [2.45, 2.75) is 38.5 Å². The Labute approximate surface area is 224 Å². The van der Waals surface area contributed by atoms with Crippen LogP contribution in [0.4, 0.5) is 20.3 Å². The smallest absolute Gasteiger partial charge is 0.202 e. The van der Waals surface area contributed by atoms with Crippen LogP contribution in [-0.4, -0.2) is 52.2 Å². The SMILES string of the molecule is CNc1ccc(N2CCCC(N(Cc3ccncc3)Cc3cn4c5c(c(F)c(F)cc5c3=O)OCC4)C2)cn1. The van der Waals surface area contributed by atoms with Crippen LogP contribution < -0.4 is 20.4 Å². The Bertz CT molecular complexity index is 1540. The number of aromatic nitrogens is 3. The molecule has 0 aliphatic carbocycles. The number of rotatable bonds is 7. The van der Waals surface area contributed by atoms with Crippen molar-refractivity contribution in [2.24, 2.45) is 0 Å². The third-order valence-corrected chi connectivity index (χ3v) is 7.65. The molecule has 1 N–H and O–H groups in total. The summed E-state index contributed by atoms with van der Waals surface area (Å²) in [6, 6.07) is 9.16. The maximum absolute atomic E-state index is 14.5. The summed E-state index contributed by atoms with van der Waals surface area (Å²) in [5, 5.41) is 3.20. The van der Waals surface area contributed by atoms with Crippen LogP contribution in [0.5, 0.6) is 5.75 Å². The molecule has 0 spiro atoms. The van der Waals surface area contributed by atoms with Crippen LogP contribution in [0.2, 0.25) is 0 Å². The Kier molecular flexibility index (Phi) is 6.86. The summed E-state index contributed by atoms with van der Waals surface area (Å²) in [5.74, 6) is -1.50. The quantitative estimate of drug-likeness (QED) is 0.383. The number of nitrogens with one attached hydrogen (secondary N) is 1. The first-order valence-corrected chi connectivity index (χ1v) is 13.2. The predicted molar refractivity (Wildman–Crippen MR) is 146 cm³/mol. The molecule has 0 amide bonds. The lowest BCUT2D eigenvalue weighted by Crippen LogP contribution is -2.48. The van der Waals surface area contributed by atoms with Crippen LogP contribution in [-0.2, 0) is 19.6 Å². The van der Waals surface area contributed by atoms with Crippen LogP contribution in [0, 0.1) is 11.6 Å². The minimum atomic E-state index is -1.07. The van der Waals surface area contributed by atoms with Gasteiger partial charge in [-0.25, -0.2) is 9.37 Å². The van der Waals surface area contributed by atoms with Crippen LogP contribution in [0.15, 0.2) is 59.9 Å². The Balaban J connectivity index is 1.35. The molecule has 2 aliphatic rings. The summed E-state index contributed by atoms with van der Waals surface area (Å²) >= 11 is 0. The van der Waals surface area contributed by atoms with Gasteiger partial charge in [0.05, 0.1) is 29.3 Å². The largest absolute Gasteiger partial charge is 0.486 e. The summed E-state index contributed by atoms with van der Waals surface area (Å²) < 4.78 is 36.1. The van der Waals surface area contributed by atoms with Crippen LogP contribution in [0.1, 0.15) is 24.0 Å². The second-order valence-corrected chi connectivity index (χ2v) is 10.1. The van der Waals surface area contributed by atoms with Gasteiger partial charge in [-0.05, 0) is 48.7 Å². The van der Waals surface area contributed by atoms with E-state index in [1.807, 2.05) is 36.0 Å². The first-order valence-electron chi connectivity index (χ1n) is 13.2. The van der Waals surface area contributed by atoms with E-state index in [1.54, 1.807) is 18.6 Å². The molecule has 2 aliphatic heterocycles. The monoisotopic (exact) mass is 532 g/mol. The topological polar surface area (TPSA) is 75.5 Å². The van der Waals surface area contributed by atoms with Gasteiger partial charge in [0.15, 0.2) is 17.0 Å². The van der Waals surface area contributed by atoms with Gasteiger partial charge in [-0.1, -0.05) is 0 Å². The Morgan fingerprint density at radius 3 is 2.77 bits per heavy atom. The highest BCUT2D eigenvalue weighted by molar-refractivity contribution is 5.86. The fraction of sp³-hybridized carbons (Fsp3) is 0.345. The van der Waals surface area contributed by atoms with E-state index in [1.165, 1.54) is 0 Å². The minimum Gasteiger partial charge on any atom is -0.486 e. The van der Waals surface area contributed by atoms with E-state index in [0.717, 1.165) is 49.1 Å². The molecule has 1 saturated heterocycles. The normalized spacial score (nSPS) is 16.9. The van der Waals surface area contributed by atoms with Crippen molar-refractivity contribution in [3.05, 3.63) is 88.1 Å². The van der Waals surface area contributed by atoms with Gasteiger partial charge in [0, 0.05) is 63.4 Å². The molecule has 3 aromatic heterocycles. The zero-order valence-corrected chi connectivity index (χ0v) is 21.7. The van der Waals surface area contributed by atoms with E-state index < -0.39 is 11.6 Å². The van der Waals surface area contributed by atoms with Crippen molar-refractivity contribution in [3.63, 3.8) is 0 Å². The minimum absolute atomic E-state index is 0.144. The van der Waals surface area contributed by atoms with E-state index in [4.69, 9.17) is 4.74 Å². The third kappa shape index (κ3) is 4.92. The fourth-order valence-electron chi connectivity index (χ4n) is 5.67. The highest BCUT2D eigenvalue weighted by atomic mass is 19.2. The zero-order valence-electron chi connectivity index (χ0n) is 21.7. The van der Waals surface area contributed by atoms with Gasteiger partial charge in [0.2, 0.25) is 5.82 Å². The summed E-state index contributed by atoms with van der Waals surface area (Å²) in [6.45, 7) is 3.38. The molecule has 0 saturated carbocycles. The molecule has 1 unspecified atom stereocenters. The molecule has 0 radical (unpaired) electrons. The maximum Gasteiger partial charge on any atom is 0.202 e. The van der Waals surface area contributed by atoms with Crippen LogP contribution in [0.25, 0.3) is 10.9 Å². The molecule has 10 heteroatoms. The van der Waals surface area contributed by atoms with Gasteiger partial charge in [-0.15, -0.1) is 0 Å². The van der Waals surface area contributed by atoms with E-state index >= 15 is 0 Å². The lowest BCUT2D eigenvalue weighted by atomic mass is 10.0. The molecule has 6 rings (SSSR count). The molecule has 39 heavy (non-hydrogen) atoms. The predicted octanol–water partition coefficient (Wildman–Crippen LogP) is 4.18. The number of benzene rings is 1. The number of piperidine rings is 1. The number of ether oxygens (including phenoxy) is 1. The average molecular weight is 533 g/mol. The summed E-state index contributed by atoms with van der Waals surface area (Å²) in [7, 11) is 1.85. The van der Waals surface area contributed by atoms with Gasteiger partial charge < -0.3 is 19.5 Å². The number of halogens is 2. The van der Waals surface area contributed by atoms with Crippen molar-refractivity contribution in [1.29, 1.82) is 0 Å². The standard InChI is InChI=1S/C29H30F2N6O2/c1-32-25-5-4-21(14-34-25)35-10-2-3-22(18-35)37(15-19-6-8-33-9-7-19)17-20-16-36-11-12-39-29-26(31)24(30)13-23(27(29)36)28(20)38/h4-9,13-14,16,22H,2-3,10-12,15,17-18H2,1H3,(H,32,34). The van der Waals surface area contributed by atoms with Crippen LogP contribution >= 0.6 is 0 Å². The van der Waals surface area contributed by atoms with Gasteiger partial charge in [-0.3, -0.25) is 14.7 Å². The van der Waals surface area contributed by atoms with E-state index in [2.05, 4.69) is 31.2 Å². The Morgan fingerprint density at radius 1 is 1.15 bits per heavy atom.